The molecule has 14 atom stereocenters. The summed E-state index contributed by atoms with van der Waals surface area (Å²) in [6.45, 7) is 11.9. The minimum Gasteiger partial charge on any atom is -0.456 e. The third-order valence-electron chi connectivity index (χ3n) is 11.7. The van der Waals surface area contributed by atoms with Crippen molar-refractivity contribution >= 4 is 11.9 Å². The summed E-state index contributed by atoms with van der Waals surface area (Å²) >= 11 is 0. The zero-order valence-electron chi connectivity index (χ0n) is 27.0. The lowest BCUT2D eigenvalue weighted by atomic mass is 9.52. The molecule has 3 aliphatic carbocycles. The van der Waals surface area contributed by atoms with Crippen molar-refractivity contribution < 1.29 is 53.7 Å². The molecule has 252 valence electrons. The highest BCUT2D eigenvalue weighted by Crippen LogP contribution is 2.72. The van der Waals surface area contributed by atoms with E-state index < -0.39 is 94.5 Å². The molecule has 0 amide bonds. The van der Waals surface area contributed by atoms with Crippen LogP contribution < -0.4 is 0 Å². The van der Waals surface area contributed by atoms with Gasteiger partial charge in [-0.15, -0.1) is 0 Å². The molecule has 0 spiro atoms. The van der Waals surface area contributed by atoms with E-state index in [0.29, 0.717) is 11.1 Å². The van der Waals surface area contributed by atoms with E-state index in [2.05, 4.69) is 6.58 Å². The number of rotatable bonds is 5. The Balaban J connectivity index is 1.53. The van der Waals surface area contributed by atoms with E-state index in [1.165, 1.54) is 6.92 Å². The zero-order chi connectivity index (χ0) is 33.9. The van der Waals surface area contributed by atoms with Crippen molar-refractivity contribution in [3.63, 3.8) is 0 Å². The molecule has 11 nitrogen and oxygen atoms in total. The first-order chi connectivity index (χ1) is 22.1. The number of aliphatic hydroxyl groups excluding tert-OH is 2. The van der Waals surface area contributed by atoms with E-state index >= 15 is 0 Å². The highest BCUT2D eigenvalue weighted by atomic mass is 16.9. The van der Waals surface area contributed by atoms with Gasteiger partial charge in [-0.2, -0.15) is 0 Å². The van der Waals surface area contributed by atoms with Crippen molar-refractivity contribution in [2.75, 3.05) is 0 Å². The lowest BCUT2D eigenvalue weighted by molar-refractivity contribution is -0.447. The van der Waals surface area contributed by atoms with E-state index in [4.69, 9.17) is 23.7 Å². The Labute approximate surface area is 273 Å². The summed E-state index contributed by atoms with van der Waals surface area (Å²) in [7, 11) is 0. The maximum absolute atomic E-state index is 13.8. The van der Waals surface area contributed by atoms with Crippen LogP contribution in [0.1, 0.15) is 57.0 Å². The number of ether oxygens (including phenoxy) is 5. The fraction of sp³-hybridized carbons (Fsp3) is 0.556. The number of carbonyl (C=O) groups is 2. The van der Waals surface area contributed by atoms with Crippen molar-refractivity contribution in [3.05, 3.63) is 83.9 Å². The summed E-state index contributed by atoms with van der Waals surface area (Å²) in [4.78, 5) is 26.4. The molecule has 2 aromatic rings. The number of esters is 2. The molecule has 2 heterocycles. The largest absolute Gasteiger partial charge is 0.456 e. The van der Waals surface area contributed by atoms with E-state index in [1.54, 1.807) is 75.4 Å². The van der Waals surface area contributed by atoms with Gasteiger partial charge in [0.05, 0.1) is 23.4 Å². The minimum atomic E-state index is -2.33. The van der Waals surface area contributed by atoms with Crippen LogP contribution in [0.4, 0.5) is 0 Å². The number of benzene rings is 2. The number of aliphatic hydroxyl groups is 4. The van der Waals surface area contributed by atoms with E-state index in [-0.39, 0.29) is 12.0 Å². The Morgan fingerprint density at radius 3 is 2.13 bits per heavy atom. The predicted molar refractivity (Wildman–Crippen MR) is 164 cm³/mol. The third kappa shape index (κ3) is 3.99. The average Bonchev–Trinajstić information content (AvgIpc) is 3.42. The maximum Gasteiger partial charge on any atom is 0.338 e. The molecule has 3 saturated carbocycles. The van der Waals surface area contributed by atoms with Gasteiger partial charge in [0, 0.05) is 30.2 Å². The molecule has 4 N–H and O–H groups in total. The first-order valence-electron chi connectivity index (χ1n) is 16.1. The van der Waals surface area contributed by atoms with Crippen LogP contribution in [0, 0.1) is 23.7 Å². The monoisotopic (exact) mass is 650 g/mol. The van der Waals surface area contributed by atoms with Crippen LogP contribution in [0.5, 0.6) is 0 Å². The molecule has 11 heteroatoms. The van der Waals surface area contributed by atoms with Crippen LogP contribution in [-0.4, -0.2) is 85.3 Å². The van der Waals surface area contributed by atoms with Gasteiger partial charge < -0.3 is 44.1 Å². The molecule has 3 bridgehead atoms. The van der Waals surface area contributed by atoms with Crippen LogP contribution in [-0.2, 0) is 34.5 Å². The Morgan fingerprint density at radius 2 is 1.53 bits per heavy atom. The zero-order valence-corrected chi connectivity index (χ0v) is 27.0. The summed E-state index contributed by atoms with van der Waals surface area (Å²) in [6, 6.07) is 17.3. The third-order valence-corrected chi connectivity index (χ3v) is 11.7. The normalized spacial score (nSPS) is 47.8. The van der Waals surface area contributed by atoms with Crippen molar-refractivity contribution in [2.45, 2.75) is 99.9 Å². The van der Waals surface area contributed by atoms with Gasteiger partial charge in [-0.25, -0.2) is 4.79 Å². The van der Waals surface area contributed by atoms with Crippen LogP contribution in [0.2, 0.25) is 0 Å². The van der Waals surface area contributed by atoms with Crippen molar-refractivity contribution in [3.8, 4) is 0 Å². The second-order valence-corrected chi connectivity index (χ2v) is 14.4. The Kier molecular flexibility index (Phi) is 7.18. The van der Waals surface area contributed by atoms with Gasteiger partial charge in [-0.05, 0) is 43.9 Å². The van der Waals surface area contributed by atoms with Gasteiger partial charge in [0.25, 0.3) is 0 Å². The molecule has 2 saturated heterocycles. The Morgan fingerprint density at radius 1 is 0.915 bits per heavy atom. The van der Waals surface area contributed by atoms with Gasteiger partial charge >= 0.3 is 17.9 Å². The summed E-state index contributed by atoms with van der Waals surface area (Å²) < 4.78 is 32.9. The first-order valence-corrected chi connectivity index (χ1v) is 16.1. The van der Waals surface area contributed by atoms with Crippen molar-refractivity contribution in [1.82, 2.24) is 0 Å². The second kappa shape index (κ2) is 10.4. The second-order valence-electron chi connectivity index (χ2n) is 14.4. The van der Waals surface area contributed by atoms with Gasteiger partial charge in [-0.3, -0.25) is 4.79 Å². The van der Waals surface area contributed by atoms with Crippen molar-refractivity contribution in [1.29, 1.82) is 0 Å². The molecule has 2 aromatic carbocycles. The van der Waals surface area contributed by atoms with Gasteiger partial charge in [-0.1, -0.05) is 69.0 Å². The highest BCUT2D eigenvalue weighted by Gasteiger charge is 2.87. The van der Waals surface area contributed by atoms with E-state index in [0.717, 1.165) is 6.92 Å². The van der Waals surface area contributed by atoms with Crippen molar-refractivity contribution in [2.24, 2.45) is 23.7 Å². The Bertz CT molecular complexity index is 1600. The first kappa shape index (κ1) is 32.4. The average molecular weight is 651 g/mol. The highest BCUT2D eigenvalue weighted by molar-refractivity contribution is 5.89. The number of hydrogen-bond donors (Lipinski definition) is 4. The topological polar surface area (TPSA) is 161 Å². The summed E-state index contributed by atoms with van der Waals surface area (Å²) in [6.07, 6.45) is -7.23. The molecular formula is C36H42O11. The van der Waals surface area contributed by atoms with Crippen LogP contribution in [0.3, 0.4) is 0 Å². The SMILES string of the molecule is C=C(C)[C@@]12OC3(c4ccccc4)O[C@@H]1[C@@H]1[C@H](O)[C@@](C)(O)[C@@H](OC(C)=O)[C@@]4(O)[C@@H](C[C@H](C)[C@@H]4O)[C@@]1(O3)[C@H](C)[C@@H]2OC(=O)c1ccccc1. The lowest BCUT2D eigenvalue weighted by Crippen LogP contribution is -2.77. The van der Waals surface area contributed by atoms with Gasteiger partial charge in [0.2, 0.25) is 0 Å². The maximum atomic E-state index is 13.8. The number of fused-ring (bicyclic) bond motifs is 2. The molecule has 1 unspecified atom stereocenters. The molecule has 7 rings (SSSR count). The van der Waals surface area contributed by atoms with Gasteiger partial charge in [0.15, 0.2) is 11.7 Å². The molecule has 5 fully saturated rings. The summed E-state index contributed by atoms with van der Waals surface area (Å²) in [5, 5.41) is 49.2. The molecule has 0 aromatic heterocycles. The molecule has 47 heavy (non-hydrogen) atoms. The van der Waals surface area contributed by atoms with E-state index in [1.807, 2.05) is 6.07 Å². The van der Waals surface area contributed by atoms with Crippen LogP contribution in [0.25, 0.3) is 0 Å². The lowest BCUT2D eigenvalue weighted by Gasteiger charge is -2.62. The van der Waals surface area contributed by atoms with Gasteiger partial charge in [0.1, 0.15) is 23.4 Å². The fourth-order valence-electron chi connectivity index (χ4n) is 9.69. The Hall–Kier alpha value is -3.16. The molecule has 5 aliphatic rings. The molecular weight excluding hydrogens is 608 g/mol. The quantitative estimate of drug-likeness (QED) is 0.278. The smallest absolute Gasteiger partial charge is 0.338 e. The number of carbonyl (C=O) groups excluding carboxylic acids is 2. The standard InChI is InChI=1S/C36H42O11/c1-18(2)34-28(44-30(40)22-13-9-7-10-14-22)20(4)35-24-17-19(3)26(38)33(24,42)31(43-21(5)37)32(6,41)27(39)25(35)29(34)45-36(46-34,47-35)23-15-11-8-12-16-23/h7-16,19-20,24-29,31,38-39,41-42H,1,17H2,2-6H3/t19-,20+,24+,25-,26-,27-,28-,29+,31+,32+,33+,34-,35-,36?/m0/s1. The fourth-order valence-corrected chi connectivity index (χ4v) is 9.69. The molecule has 2 aliphatic heterocycles. The molecule has 0 radical (unpaired) electrons. The minimum absolute atomic E-state index is 0.135. The number of hydrogen-bond acceptors (Lipinski definition) is 11. The predicted octanol–water partition coefficient (Wildman–Crippen LogP) is 2.59. The summed E-state index contributed by atoms with van der Waals surface area (Å²) in [5.74, 6) is -7.10. The van der Waals surface area contributed by atoms with E-state index in [9.17, 15) is 30.0 Å². The van der Waals surface area contributed by atoms with Crippen LogP contribution in [0.15, 0.2) is 72.8 Å². The van der Waals surface area contributed by atoms with Crippen LogP contribution >= 0.6 is 0 Å². The summed E-state index contributed by atoms with van der Waals surface area (Å²) in [5.41, 5.74) is -6.81.